The Bertz CT molecular complexity index is 890. The van der Waals surface area contributed by atoms with E-state index >= 15 is 0 Å². The number of halogens is 2. The summed E-state index contributed by atoms with van der Waals surface area (Å²) in [5.41, 5.74) is 1.74. The molecule has 2 aromatic rings. The summed E-state index contributed by atoms with van der Waals surface area (Å²) in [4.78, 5) is 18.9. The molecule has 2 fully saturated rings. The summed E-state index contributed by atoms with van der Waals surface area (Å²) in [5, 5.41) is 3.04. The lowest BCUT2D eigenvalue weighted by molar-refractivity contribution is -0.117. The van der Waals surface area contributed by atoms with Gasteiger partial charge in [0, 0.05) is 37.1 Å². The molecular formula is C25H29F2N3O. The zero-order valence-electron chi connectivity index (χ0n) is 17.6. The summed E-state index contributed by atoms with van der Waals surface area (Å²) in [6.45, 7) is 3.33. The molecule has 1 aromatic heterocycles. The van der Waals surface area contributed by atoms with Gasteiger partial charge in [0.25, 0.3) is 0 Å². The summed E-state index contributed by atoms with van der Waals surface area (Å²) in [5.74, 6) is -0.280. The topological polar surface area (TPSA) is 45.2 Å². The predicted octanol–water partition coefficient (Wildman–Crippen LogP) is 4.54. The zero-order chi connectivity index (χ0) is 21.6. The molecule has 0 unspecified atom stereocenters. The Labute approximate surface area is 182 Å². The first kappa shape index (κ1) is 21.6. The van der Waals surface area contributed by atoms with Crippen LogP contribution in [0.5, 0.6) is 0 Å². The second-order valence-corrected chi connectivity index (χ2v) is 8.78. The van der Waals surface area contributed by atoms with Gasteiger partial charge in [0.15, 0.2) is 0 Å². The second kappa shape index (κ2) is 10.1. The van der Waals surface area contributed by atoms with Crippen LogP contribution >= 0.6 is 0 Å². The smallest absolute Gasteiger partial charge is 0.244 e. The second-order valence-electron chi connectivity index (χ2n) is 8.78. The molecular weight excluding hydrogens is 396 g/mol. The van der Waals surface area contributed by atoms with Crippen molar-refractivity contribution >= 4 is 12.0 Å². The van der Waals surface area contributed by atoms with Crippen LogP contribution in [0.25, 0.3) is 6.08 Å². The van der Waals surface area contributed by atoms with E-state index < -0.39 is 11.6 Å². The molecule has 1 amide bonds. The molecule has 1 N–H and O–H groups in total. The number of likely N-dealkylation sites (tertiary alicyclic amines) is 1. The van der Waals surface area contributed by atoms with E-state index in [0.29, 0.717) is 17.4 Å². The minimum Gasteiger partial charge on any atom is -0.350 e. The fourth-order valence-electron chi connectivity index (χ4n) is 4.91. The van der Waals surface area contributed by atoms with Gasteiger partial charge in [-0.1, -0.05) is 0 Å². The van der Waals surface area contributed by atoms with Crippen molar-refractivity contribution in [2.75, 3.05) is 19.6 Å². The van der Waals surface area contributed by atoms with Crippen molar-refractivity contribution in [2.45, 2.75) is 44.1 Å². The Balaban J connectivity index is 1.19. The molecule has 1 aliphatic heterocycles. The van der Waals surface area contributed by atoms with Gasteiger partial charge in [-0.2, -0.15) is 0 Å². The van der Waals surface area contributed by atoms with E-state index in [-0.39, 0.29) is 11.9 Å². The van der Waals surface area contributed by atoms with Crippen molar-refractivity contribution < 1.29 is 13.6 Å². The van der Waals surface area contributed by atoms with Gasteiger partial charge in [-0.25, -0.2) is 8.78 Å². The van der Waals surface area contributed by atoms with Crippen LogP contribution in [-0.4, -0.2) is 41.5 Å². The normalized spacial score (nSPS) is 22.8. The third kappa shape index (κ3) is 6.20. The molecule has 0 radical (unpaired) electrons. The standard InChI is InChI=1S/C25H29F2N3O/c26-22-13-18(14-23(27)16-22)2-4-25(31)29-24-3-1-19(15-24)17-30-11-7-21(8-12-30)20-5-9-28-10-6-20/h2,4-6,9-10,13-14,16,19,21,24H,1,3,7-8,11-12,15,17H2,(H,29,31)/b4-2+/t19-,24+/m1/s1. The molecule has 4 rings (SSSR count). The SMILES string of the molecule is O=C(/C=C/c1cc(F)cc(F)c1)N[C@H]1CC[C@@H](CN2CCC(c3ccncc3)CC2)C1. The summed E-state index contributed by atoms with van der Waals surface area (Å²) in [6, 6.07) is 7.65. The maximum Gasteiger partial charge on any atom is 0.244 e. The Morgan fingerprint density at radius 2 is 1.77 bits per heavy atom. The zero-order valence-corrected chi connectivity index (χ0v) is 17.6. The summed E-state index contributed by atoms with van der Waals surface area (Å²) < 4.78 is 26.5. The molecule has 1 saturated carbocycles. The molecule has 2 heterocycles. The molecule has 0 bridgehead atoms. The number of carbonyl (C=O) groups excluding carboxylic acids is 1. The van der Waals surface area contributed by atoms with Crippen molar-refractivity contribution in [2.24, 2.45) is 5.92 Å². The van der Waals surface area contributed by atoms with Crippen LogP contribution < -0.4 is 5.32 Å². The monoisotopic (exact) mass is 425 g/mol. The van der Waals surface area contributed by atoms with E-state index in [4.69, 9.17) is 0 Å². The molecule has 1 aromatic carbocycles. The van der Waals surface area contributed by atoms with Gasteiger partial charge in [-0.15, -0.1) is 0 Å². The molecule has 2 aliphatic rings. The highest BCUT2D eigenvalue weighted by molar-refractivity contribution is 5.91. The summed E-state index contributed by atoms with van der Waals surface area (Å²) >= 11 is 0. The van der Waals surface area contributed by atoms with Gasteiger partial charge in [0.1, 0.15) is 11.6 Å². The Morgan fingerprint density at radius 1 is 1.06 bits per heavy atom. The lowest BCUT2D eigenvalue weighted by Gasteiger charge is -2.33. The number of hydrogen-bond donors (Lipinski definition) is 1. The lowest BCUT2D eigenvalue weighted by atomic mass is 9.89. The summed E-state index contributed by atoms with van der Waals surface area (Å²) in [6.07, 6.45) is 12.0. The van der Waals surface area contributed by atoms with Gasteiger partial charge >= 0.3 is 0 Å². The first-order valence-electron chi connectivity index (χ1n) is 11.1. The van der Waals surface area contributed by atoms with Gasteiger partial charge in [-0.05, 0) is 98.5 Å². The quantitative estimate of drug-likeness (QED) is 0.692. The molecule has 2 atom stereocenters. The third-order valence-electron chi connectivity index (χ3n) is 6.48. The average Bonchev–Trinajstić information content (AvgIpc) is 3.19. The van der Waals surface area contributed by atoms with Gasteiger partial charge in [-0.3, -0.25) is 9.78 Å². The number of pyridine rings is 1. The van der Waals surface area contributed by atoms with Crippen LogP contribution in [0.3, 0.4) is 0 Å². The number of hydrogen-bond acceptors (Lipinski definition) is 3. The number of piperidine rings is 1. The number of nitrogens with zero attached hydrogens (tertiary/aromatic N) is 2. The van der Waals surface area contributed by atoms with E-state index in [2.05, 4.69) is 27.3 Å². The highest BCUT2D eigenvalue weighted by Gasteiger charge is 2.28. The van der Waals surface area contributed by atoms with Gasteiger partial charge in [0.05, 0.1) is 0 Å². The number of aromatic nitrogens is 1. The van der Waals surface area contributed by atoms with E-state index in [1.807, 2.05) is 12.4 Å². The number of carbonyl (C=O) groups is 1. The largest absolute Gasteiger partial charge is 0.350 e. The van der Waals surface area contributed by atoms with E-state index in [1.165, 1.54) is 42.7 Å². The van der Waals surface area contributed by atoms with Crippen molar-refractivity contribution in [3.8, 4) is 0 Å². The molecule has 4 nitrogen and oxygen atoms in total. The number of benzene rings is 1. The van der Waals surface area contributed by atoms with E-state index in [1.54, 1.807) is 0 Å². The maximum atomic E-state index is 13.2. The molecule has 6 heteroatoms. The number of nitrogens with one attached hydrogen (secondary N) is 1. The molecule has 0 spiro atoms. The number of rotatable bonds is 6. The van der Waals surface area contributed by atoms with Crippen LogP contribution in [-0.2, 0) is 4.79 Å². The highest BCUT2D eigenvalue weighted by atomic mass is 19.1. The fourth-order valence-corrected chi connectivity index (χ4v) is 4.91. The molecule has 164 valence electrons. The highest BCUT2D eigenvalue weighted by Crippen LogP contribution is 2.31. The molecule has 1 aliphatic carbocycles. The van der Waals surface area contributed by atoms with Gasteiger partial charge < -0.3 is 10.2 Å². The van der Waals surface area contributed by atoms with Crippen molar-refractivity contribution in [1.82, 2.24) is 15.2 Å². The molecule has 1 saturated heterocycles. The van der Waals surface area contributed by atoms with Crippen molar-refractivity contribution in [3.05, 3.63) is 71.6 Å². The fraction of sp³-hybridized carbons (Fsp3) is 0.440. The average molecular weight is 426 g/mol. The first-order chi connectivity index (χ1) is 15.0. The van der Waals surface area contributed by atoms with Gasteiger partial charge in [0.2, 0.25) is 5.91 Å². The maximum absolute atomic E-state index is 13.2. The predicted molar refractivity (Wildman–Crippen MR) is 117 cm³/mol. The van der Waals surface area contributed by atoms with Crippen LogP contribution in [0, 0.1) is 17.6 Å². The van der Waals surface area contributed by atoms with Crippen LogP contribution in [0.4, 0.5) is 8.78 Å². The Hall–Kier alpha value is -2.60. The minimum absolute atomic E-state index is 0.167. The Morgan fingerprint density at radius 3 is 2.48 bits per heavy atom. The van der Waals surface area contributed by atoms with Crippen molar-refractivity contribution in [3.63, 3.8) is 0 Å². The summed E-state index contributed by atoms with van der Waals surface area (Å²) in [7, 11) is 0. The van der Waals surface area contributed by atoms with Crippen LogP contribution in [0.2, 0.25) is 0 Å². The van der Waals surface area contributed by atoms with E-state index in [0.717, 1.165) is 45.0 Å². The van der Waals surface area contributed by atoms with Crippen LogP contribution in [0.1, 0.15) is 49.1 Å². The van der Waals surface area contributed by atoms with E-state index in [9.17, 15) is 13.6 Å². The minimum atomic E-state index is -0.650. The molecule has 31 heavy (non-hydrogen) atoms. The third-order valence-corrected chi connectivity index (χ3v) is 6.48. The lowest BCUT2D eigenvalue weighted by Crippen LogP contribution is -2.37. The first-order valence-corrected chi connectivity index (χ1v) is 11.1. The van der Waals surface area contributed by atoms with Crippen molar-refractivity contribution in [1.29, 1.82) is 0 Å². The Kier molecular flexibility index (Phi) is 7.07. The number of amides is 1. The van der Waals surface area contributed by atoms with Crippen LogP contribution in [0.15, 0.2) is 48.8 Å².